The van der Waals surface area contributed by atoms with Crippen LogP contribution in [0.15, 0.2) is 0 Å². The molecule has 0 saturated carbocycles. The van der Waals surface area contributed by atoms with Crippen LogP contribution in [0.1, 0.15) is 26.7 Å². The van der Waals surface area contributed by atoms with E-state index in [4.69, 9.17) is 9.47 Å². The highest BCUT2D eigenvalue weighted by molar-refractivity contribution is 7.91. The molecule has 0 aromatic carbocycles. The lowest BCUT2D eigenvalue weighted by Crippen LogP contribution is -2.45. The van der Waals surface area contributed by atoms with Crippen molar-refractivity contribution in [2.75, 3.05) is 23.0 Å². The minimum Gasteiger partial charge on any atom is -0.616 e. The molecule has 1 fully saturated rings. The van der Waals surface area contributed by atoms with Crippen molar-refractivity contribution in [2.24, 2.45) is 0 Å². The zero-order valence-corrected chi connectivity index (χ0v) is 13.3. The van der Waals surface area contributed by atoms with Gasteiger partial charge in [-0.25, -0.2) is 9.59 Å². The van der Waals surface area contributed by atoms with Crippen molar-refractivity contribution in [3.05, 3.63) is 0 Å². The van der Waals surface area contributed by atoms with Gasteiger partial charge in [-0.15, -0.1) is 0 Å². The van der Waals surface area contributed by atoms with Gasteiger partial charge in [-0.2, -0.15) is 0 Å². The Kier molecular flexibility index (Phi) is 7.71. The van der Waals surface area contributed by atoms with Crippen molar-refractivity contribution in [3.63, 3.8) is 0 Å². The molecule has 2 unspecified atom stereocenters. The number of hydrogen-bond acceptors (Lipinski definition) is 6. The van der Waals surface area contributed by atoms with E-state index in [0.29, 0.717) is 23.0 Å². The third-order valence-electron chi connectivity index (χ3n) is 2.90. The first-order chi connectivity index (χ1) is 9.47. The van der Waals surface area contributed by atoms with Crippen molar-refractivity contribution in [1.82, 2.24) is 0 Å². The Balaban J connectivity index is 2.41. The number of carbonyl (C=O) groups is 2. The number of esters is 2. The molecule has 0 aromatic rings. The van der Waals surface area contributed by atoms with E-state index in [0.717, 1.165) is 0 Å². The molecule has 8 heteroatoms. The fraction of sp³-hybridized carbons (Fsp3) is 0.833. The van der Waals surface area contributed by atoms with Gasteiger partial charge in [0.1, 0.15) is 23.0 Å². The SMILES string of the molecule is CC[S+]([O-])CC[C@@H]1OC(=O)[C@@H](CC[S+]([O-])CC)OC1=O. The molecule has 1 saturated heterocycles. The summed E-state index contributed by atoms with van der Waals surface area (Å²) in [7, 11) is 0. The predicted octanol–water partition coefficient (Wildman–Crippen LogP) is 0.141. The maximum Gasteiger partial charge on any atom is 0.348 e. The third kappa shape index (κ3) is 5.51. The van der Waals surface area contributed by atoms with Crippen LogP contribution >= 0.6 is 0 Å². The number of rotatable bonds is 8. The first-order valence-electron chi connectivity index (χ1n) is 6.58. The Morgan fingerprint density at radius 3 is 1.55 bits per heavy atom. The van der Waals surface area contributed by atoms with Crippen molar-refractivity contribution in [2.45, 2.75) is 38.9 Å². The summed E-state index contributed by atoms with van der Waals surface area (Å²) >= 11 is -2.03. The minimum absolute atomic E-state index is 0.207. The molecule has 0 N–H and O–H groups in total. The molecule has 116 valence electrons. The summed E-state index contributed by atoms with van der Waals surface area (Å²) in [6.45, 7) is 3.57. The van der Waals surface area contributed by atoms with Gasteiger partial charge in [0.25, 0.3) is 0 Å². The third-order valence-corrected chi connectivity index (χ3v) is 5.57. The van der Waals surface area contributed by atoms with Gasteiger partial charge in [0.2, 0.25) is 12.2 Å². The molecule has 0 aliphatic carbocycles. The molecular formula is C12H20O6S2. The van der Waals surface area contributed by atoms with E-state index in [1.807, 2.05) is 0 Å². The van der Waals surface area contributed by atoms with E-state index < -0.39 is 46.5 Å². The molecule has 0 bridgehead atoms. The predicted molar refractivity (Wildman–Crippen MR) is 76.1 cm³/mol. The second-order valence-corrected chi connectivity index (χ2v) is 8.02. The normalized spacial score (nSPS) is 25.8. The van der Waals surface area contributed by atoms with Crippen LogP contribution in [-0.4, -0.2) is 56.3 Å². The molecule has 6 nitrogen and oxygen atoms in total. The Hall–Kier alpha value is -0.440. The molecule has 1 rings (SSSR count). The van der Waals surface area contributed by atoms with Crippen LogP contribution in [0.3, 0.4) is 0 Å². The van der Waals surface area contributed by atoms with Crippen molar-refractivity contribution >= 4 is 34.3 Å². The van der Waals surface area contributed by atoms with E-state index in [1.54, 1.807) is 13.8 Å². The average molecular weight is 324 g/mol. The smallest absolute Gasteiger partial charge is 0.348 e. The van der Waals surface area contributed by atoms with Gasteiger partial charge >= 0.3 is 11.9 Å². The lowest BCUT2D eigenvalue weighted by atomic mass is 10.2. The number of hydrogen-bond donors (Lipinski definition) is 0. The van der Waals surface area contributed by atoms with Gasteiger partial charge in [-0.3, -0.25) is 0 Å². The summed E-state index contributed by atoms with van der Waals surface area (Å²) in [4.78, 5) is 23.4. The molecule has 20 heavy (non-hydrogen) atoms. The molecule has 0 aromatic heterocycles. The van der Waals surface area contributed by atoms with Crippen LogP contribution in [-0.2, 0) is 41.4 Å². The van der Waals surface area contributed by atoms with Crippen LogP contribution < -0.4 is 0 Å². The Morgan fingerprint density at radius 1 is 0.900 bits per heavy atom. The maximum absolute atomic E-state index is 11.7. The summed E-state index contributed by atoms with van der Waals surface area (Å²) < 4.78 is 32.7. The van der Waals surface area contributed by atoms with Crippen LogP contribution in [0.5, 0.6) is 0 Å². The monoisotopic (exact) mass is 324 g/mol. The highest BCUT2D eigenvalue weighted by atomic mass is 32.2. The van der Waals surface area contributed by atoms with E-state index >= 15 is 0 Å². The van der Waals surface area contributed by atoms with Gasteiger partial charge in [0.15, 0.2) is 0 Å². The van der Waals surface area contributed by atoms with E-state index in [-0.39, 0.29) is 12.8 Å². The molecule has 0 amide bonds. The van der Waals surface area contributed by atoms with E-state index in [9.17, 15) is 18.7 Å². The highest BCUT2D eigenvalue weighted by Gasteiger charge is 2.38. The average Bonchev–Trinajstić information content (AvgIpc) is 2.45. The standard InChI is InChI=1S/C12H20O6S2/c1-3-19(15)7-5-9-11(13)18-10(12(14)17-9)6-8-20(16)4-2/h9-10H,3-8H2,1-2H3/t9-,10+,19?,20?. The van der Waals surface area contributed by atoms with Crippen LogP contribution in [0, 0.1) is 0 Å². The first-order valence-corrected chi connectivity index (χ1v) is 9.56. The first kappa shape index (κ1) is 17.6. The number of carbonyl (C=O) groups excluding carboxylic acids is 2. The van der Waals surface area contributed by atoms with Crippen LogP contribution in [0.2, 0.25) is 0 Å². The largest absolute Gasteiger partial charge is 0.616 e. The van der Waals surface area contributed by atoms with Gasteiger partial charge in [0.05, 0.1) is 0 Å². The molecule has 4 atom stereocenters. The second kappa shape index (κ2) is 8.76. The summed E-state index contributed by atoms with van der Waals surface area (Å²) in [5, 5.41) is 0. The zero-order chi connectivity index (χ0) is 15.1. The maximum atomic E-state index is 11.7. The molecule has 1 aliphatic heterocycles. The quantitative estimate of drug-likeness (QED) is 0.465. The fourth-order valence-electron chi connectivity index (χ4n) is 1.65. The van der Waals surface area contributed by atoms with E-state index in [2.05, 4.69) is 0 Å². The Labute approximate surface area is 124 Å². The lowest BCUT2D eigenvalue weighted by molar-refractivity contribution is -0.195. The molecular weight excluding hydrogens is 304 g/mol. The molecule has 1 heterocycles. The highest BCUT2D eigenvalue weighted by Crippen LogP contribution is 2.17. The van der Waals surface area contributed by atoms with Gasteiger partial charge in [-0.1, -0.05) is 22.4 Å². The molecule has 1 aliphatic rings. The van der Waals surface area contributed by atoms with Crippen molar-refractivity contribution in [3.8, 4) is 0 Å². The second-order valence-electron chi connectivity index (χ2n) is 4.29. The summed E-state index contributed by atoms with van der Waals surface area (Å²) in [6, 6.07) is 0. The van der Waals surface area contributed by atoms with Gasteiger partial charge in [-0.05, 0) is 13.8 Å². The number of ether oxygens (including phenoxy) is 2. The molecule has 0 spiro atoms. The number of cyclic esters (lactones) is 2. The van der Waals surface area contributed by atoms with Gasteiger partial charge < -0.3 is 18.6 Å². The van der Waals surface area contributed by atoms with E-state index in [1.165, 1.54) is 0 Å². The Bertz CT molecular complexity index is 306. The zero-order valence-electron chi connectivity index (χ0n) is 11.7. The Morgan fingerprint density at radius 2 is 1.25 bits per heavy atom. The van der Waals surface area contributed by atoms with Gasteiger partial charge in [0, 0.05) is 12.8 Å². The topological polar surface area (TPSA) is 98.7 Å². The van der Waals surface area contributed by atoms with Crippen molar-refractivity contribution in [1.29, 1.82) is 0 Å². The van der Waals surface area contributed by atoms with Crippen LogP contribution in [0.4, 0.5) is 0 Å². The summed E-state index contributed by atoms with van der Waals surface area (Å²) in [5.74, 6) is 0.389. The lowest BCUT2D eigenvalue weighted by Gasteiger charge is -2.27. The fourth-order valence-corrected chi connectivity index (χ4v) is 3.18. The van der Waals surface area contributed by atoms with Crippen molar-refractivity contribution < 1.29 is 28.2 Å². The summed E-state index contributed by atoms with van der Waals surface area (Å²) in [5.41, 5.74) is 0. The molecule has 0 radical (unpaired) electrons. The minimum atomic E-state index is -1.01. The van der Waals surface area contributed by atoms with Crippen LogP contribution in [0.25, 0.3) is 0 Å². The summed E-state index contributed by atoms with van der Waals surface area (Å²) in [6.07, 6.45) is -1.52.